The summed E-state index contributed by atoms with van der Waals surface area (Å²) in [6.45, 7) is 1.80. The topological polar surface area (TPSA) is 78.6 Å². The van der Waals surface area contributed by atoms with Gasteiger partial charge in [0.2, 0.25) is 0 Å². The molecule has 0 radical (unpaired) electrons. The smallest absolute Gasteiger partial charge is 0.339 e. The maximum absolute atomic E-state index is 12.3. The fraction of sp³-hybridized carbons (Fsp3) is 0.190. The van der Waals surface area contributed by atoms with Crippen LogP contribution < -0.4 is 0 Å². The molecule has 0 N–H and O–H groups in total. The number of nitrogens with zero attached hydrogens (tertiary/aromatic N) is 1. The monoisotopic (exact) mass is 363 g/mol. The van der Waals surface area contributed by atoms with Crippen LogP contribution in [0.4, 0.5) is 0 Å². The Morgan fingerprint density at radius 3 is 2.74 bits per heavy atom. The van der Waals surface area contributed by atoms with Crippen LogP contribution in [0.15, 0.2) is 59.1 Å². The van der Waals surface area contributed by atoms with Crippen molar-refractivity contribution in [2.75, 3.05) is 0 Å². The standard InChI is InChI=1S/C21H17NO5/c1-13-9-17(22-27-13)12-25-20(23)15-7-8-18-16(10-15)11-19(26-21(18)24)14-5-3-2-4-6-14/h2-10,19H,11-12H2,1H3/t19-/m1/s1. The largest absolute Gasteiger partial charge is 0.455 e. The Hall–Kier alpha value is -3.41. The lowest BCUT2D eigenvalue weighted by molar-refractivity contribution is 0.0251. The number of aromatic nitrogens is 1. The summed E-state index contributed by atoms with van der Waals surface area (Å²) in [4.78, 5) is 24.7. The number of carbonyl (C=O) groups is 2. The first kappa shape index (κ1) is 17.0. The number of aryl methyl sites for hydroxylation is 1. The molecule has 2 heterocycles. The zero-order valence-corrected chi connectivity index (χ0v) is 14.7. The summed E-state index contributed by atoms with van der Waals surface area (Å²) >= 11 is 0. The van der Waals surface area contributed by atoms with Crippen LogP contribution in [0.3, 0.4) is 0 Å². The van der Waals surface area contributed by atoms with Crippen LogP contribution in [0.5, 0.6) is 0 Å². The molecule has 6 heteroatoms. The minimum atomic E-state index is -0.478. The van der Waals surface area contributed by atoms with E-state index in [9.17, 15) is 9.59 Å². The molecule has 0 amide bonds. The highest BCUT2D eigenvalue weighted by molar-refractivity contribution is 5.95. The van der Waals surface area contributed by atoms with E-state index in [0.717, 1.165) is 11.1 Å². The van der Waals surface area contributed by atoms with Gasteiger partial charge < -0.3 is 14.0 Å². The van der Waals surface area contributed by atoms with E-state index in [1.54, 1.807) is 31.2 Å². The van der Waals surface area contributed by atoms with E-state index in [2.05, 4.69) is 5.16 Å². The first-order valence-electron chi connectivity index (χ1n) is 8.58. The second-order valence-electron chi connectivity index (χ2n) is 6.39. The molecule has 0 unspecified atom stereocenters. The average Bonchev–Trinajstić information content (AvgIpc) is 3.11. The van der Waals surface area contributed by atoms with Crippen molar-refractivity contribution in [2.45, 2.75) is 26.1 Å². The van der Waals surface area contributed by atoms with E-state index in [4.69, 9.17) is 14.0 Å². The molecular weight excluding hydrogens is 346 g/mol. The van der Waals surface area contributed by atoms with Crippen molar-refractivity contribution in [3.63, 3.8) is 0 Å². The summed E-state index contributed by atoms with van der Waals surface area (Å²) in [5, 5.41) is 3.79. The van der Waals surface area contributed by atoms with Gasteiger partial charge in [-0.1, -0.05) is 35.5 Å². The summed E-state index contributed by atoms with van der Waals surface area (Å²) in [6, 6.07) is 16.1. The number of esters is 2. The molecule has 1 aromatic heterocycles. The van der Waals surface area contributed by atoms with Crippen LogP contribution in [0.2, 0.25) is 0 Å². The zero-order valence-electron chi connectivity index (χ0n) is 14.7. The summed E-state index contributed by atoms with van der Waals surface area (Å²) in [6.07, 6.45) is 0.143. The van der Waals surface area contributed by atoms with Crippen LogP contribution in [0.1, 0.15) is 49.4 Å². The maximum atomic E-state index is 12.3. The predicted octanol–water partition coefficient (Wildman–Crippen LogP) is 3.79. The first-order valence-corrected chi connectivity index (χ1v) is 8.58. The summed E-state index contributed by atoms with van der Waals surface area (Å²) < 4.78 is 15.8. The Morgan fingerprint density at radius 2 is 2.00 bits per heavy atom. The van der Waals surface area contributed by atoms with E-state index < -0.39 is 5.97 Å². The summed E-state index contributed by atoms with van der Waals surface area (Å²) in [5.74, 6) is -0.211. The SMILES string of the molecule is Cc1cc(COC(=O)c2ccc3c(c2)C[C@H](c2ccccc2)OC3=O)no1. The molecule has 0 bridgehead atoms. The Kier molecular flexibility index (Phi) is 4.46. The lowest BCUT2D eigenvalue weighted by Crippen LogP contribution is -2.22. The van der Waals surface area contributed by atoms with Crippen molar-refractivity contribution >= 4 is 11.9 Å². The molecule has 0 spiro atoms. The highest BCUT2D eigenvalue weighted by atomic mass is 16.5. The van der Waals surface area contributed by atoms with Crippen molar-refractivity contribution in [2.24, 2.45) is 0 Å². The van der Waals surface area contributed by atoms with E-state index >= 15 is 0 Å². The minimum absolute atomic E-state index is 0.0297. The Balaban J connectivity index is 1.52. The molecule has 3 aromatic rings. The van der Waals surface area contributed by atoms with Gasteiger partial charge in [-0.2, -0.15) is 0 Å². The molecule has 1 aliphatic rings. The van der Waals surface area contributed by atoms with Crippen LogP contribution in [0, 0.1) is 6.92 Å². The third-order valence-corrected chi connectivity index (χ3v) is 4.41. The molecule has 2 aromatic carbocycles. The Labute approximate surface area is 155 Å². The molecule has 6 nitrogen and oxygen atoms in total. The minimum Gasteiger partial charge on any atom is -0.455 e. The normalized spacial score (nSPS) is 15.7. The number of benzene rings is 2. The number of cyclic esters (lactones) is 1. The maximum Gasteiger partial charge on any atom is 0.339 e. The van der Waals surface area contributed by atoms with E-state index in [-0.39, 0.29) is 18.7 Å². The molecule has 27 heavy (non-hydrogen) atoms. The van der Waals surface area contributed by atoms with Gasteiger partial charge in [0.05, 0.1) is 11.1 Å². The zero-order chi connectivity index (χ0) is 18.8. The van der Waals surface area contributed by atoms with Crippen molar-refractivity contribution in [3.05, 3.63) is 88.3 Å². The average molecular weight is 363 g/mol. The van der Waals surface area contributed by atoms with Gasteiger partial charge in [-0.3, -0.25) is 0 Å². The van der Waals surface area contributed by atoms with Gasteiger partial charge in [0.15, 0.2) is 0 Å². The van der Waals surface area contributed by atoms with Gasteiger partial charge in [-0.25, -0.2) is 9.59 Å². The highest BCUT2D eigenvalue weighted by Crippen LogP contribution is 2.31. The second kappa shape index (κ2) is 7.07. The number of hydrogen-bond donors (Lipinski definition) is 0. The van der Waals surface area contributed by atoms with Gasteiger partial charge in [-0.05, 0) is 36.2 Å². The van der Waals surface area contributed by atoms with Gasteiger partial charge in [-0.15, -0.1) is 0 Å². The third kappa shape index (κ3) is 3.60. The Morgan fingerprint density at radius 1 is 1.19 bits per heavy atom. The van der Waals surface area contributed by atoms with E-state index in [1.165, 1.54) is 0 Å². The van der Waals surface area contributed by atoms with Crippen molar-refractivity contribution in [1.82, 2.24) is 5.16 Å². The second-order valence-corrected chi connectivity index (χ2v) is 6.39. The van der Waals surface area contributed by atoms with Gasteiger partial charge >= 0.3 is 11.9 Å². The number of fused-ring (bicyclic) bond motifs is 1. The lowest BCUT2D eigenvalue weighted by atomic mass is 9.93. The molecular formula is C21H17NO5. The van der Waals surface area contributed by atoms with Crippen LogP contribution >= 0.6 is 0 Å². The lowest BCUT2D eigenvalue weighted by Gasteiger charge is -2.25. The van der Waals surface area contributed by atoms with Gasteiger partial charge in [0.1, 0.15) is 24.2 Å². The molecule has 136 valence electrons. The van der Waals surface area contributed by atoms with Crippen molar-refractivity contribution in [3.8, 4) is 0 Å². The predicted molar refractivity (Wildman–Crippen MR) is 95.1 cm³/mol. The molecule has 0 aliphatic carbocycles. The molecule has 1 atom stereocenters. The molecule has 0 fully saturated rings. The van der Waals surface area contributed by atoms with Gasteiger partial charge in [0.25, 0.3) is 0 Å². The summed E-state index contributed by atoms with van der Waals surface area (Å²) in [7, 11) is 0. The van der Waals surface area contributed by atoms with Crippen molar-refractivity contribution in [1.29, 1.82) is 0 Å². The van der Waals surface area contributed by atoms with Crippen LogP contribution in [-0.4, -0.2) is 17.1 Å². The number of carbonyl (C=O) groups excluding carboxylic acids is 2. The van der Waals surface area contributed by atoms with Crippen LogP contribution in [-0.2, 0) is 22.5 Å². The fourth-order valence-corrected chi connectivity index (χ4v) is 3.09. The molecule has 1 aliphatic heterocycles. The highest BCUT2D eigenvalue weighted by Gasteiger charge is 2.28. The van der Waals surface area contributed by atoms with E-state index in [0.29, 0.717) is 29.0 Å². The molecule has 0 saturated heterocycles. The van der Waals surface area contributed by atoms with Crippen LogP contribution in [0.25, 0.3) is 0 Å². The van der Waals surface area contributed by atoms with Crippen molar-refractivity contribution < 1.29 is 23.6 Å². The molecule has 4 rings (SSSR count). The summed E-state index contributed by atoms with van der Waals surface area (Å²) in [5.41, 5.74) is 3.10. The van der Waals surface area contributed by atoms with Gasteiger partial charge in [0, 0.05) is 12.5 Å². The van der Waals surface area contributed by atoms with E-state index in [1.807, 2.05) is 30.3 Å². The number of ether oxygens (including phenoxy) is 2. The molecule has 0 saturated carbocycles. The number of hydrogen-bond acceptors (Lipinski definition) is 6. The number of rotatable bonds is 4. The quantitative estimate of drug-likeness (QED) is 0.656. The first-order chi connectivity index (χ1) is 13.1. The third-order valence-electron chi connectivity index (χ3n) is 4.41. The Bertz CT molecular complexity index is 993. The fourth-order valence-electron chi connectivity index (χ4n) is 3.09.